The average molecular weight is 1390 g/mol. The third-order valence-electron chi connectivity index (χ3n) is 20.8. The zero-order valence-electron chi connectivity index (χ0n) is 70.2. The van der Waals surface area contributed by atoms with Gasteiger partial charge in [0.05, 0.1) is 22.3 Å². The second kappa shape index (κ2) is 28.8. The van der Waals surface area contributed by atoms with Crippen LogP contribution in [0.4, 0.5) is 0 Å². The van der Waals surface area contributed by atoms with Gasteiger partial charge in [-0.05, 0) is 186 Å². The first-order valence-corrected chi connectivity index (χ1v) is 36.6. The molecular formula is C92H96N8O4+4. The van der Waals surface area contributed by atoms with Crippen LogP contribution < -0.4 is 18.3 Å². The van der Waals surface area contributed by atoms with Gasteiger partial charge >= 0.3 is 0 Å². The molecule has 0 saturated heterocycles. The minimum atomic E-state index is -2.12. The smallest absolute Gasteiger partial charge is 0.227 e. The molecule has 4 aromatic carbocycles. The fourth-order valence-corrected chi connectivity index (χ4v) is 14.8. The SMILES string of the molecule is CCc1cc[n+](C)c(-c2c(C)ccc3c2oc2nc(C)ccc23)c1.CCc1cc[n+](C)c(-c2c(C)ccc3c2oc2nc(CC)ccc23)c1.[2H]C1([2H])CCCC([2H])([2H])C1([2H])c1ccc2c(n1)oc1c(-c3cc(C)cc[n+]3C)c(C)ccc12.[2H]C1([2H])CCCC1([2H])c1ccc2c(n1)oc1c(-c3cc(C)cc[n+]3C)c(C)ccc12. The van der Waals surface area contributed by atoms with Gasteiger partial charge in [0.1, 0.15) is 28.2 Å². The molecule has 1 atom stereocenters. The van der Waals surface area contributed by atoms with Crippen LogP contribution >= 0.6 is 0 Å². The minimum Gasteiger partial charge on any atom is -0.437 e. The molecule has 16 aromatic rings. The van der Waals surface area contributed by atoms with Gasteiger partial charge in [0, 0.05) is 137 Å². The molecule has 1 unspecified atom stereocenters. The van der Waals surface area contributed by atoms with Gasteiger partial charge in [-0.25, -0.2) is 38.2 Å². The number of hydrogen-bond acceptors (Lipinski definition) is 8. The summed E-state index contributed by atoms with van der Waals surface area (Å²) in [5.74, 6) is -3.45. The quantitative estimate of drug-likeness (QED) is 0.131. The molecule has 12 heterocycles. The van der Waals surface area contributed by atoms with E-state index in [0.29, 0.717) is 54.1 Å². The van der Waals surface area contributed by atoms with Crippen molar-refractivity contribution >= 4 is 88.3 Å². The summed E-state index contributed by atoms with van der Waals surface area (Å²) >= 11 is 0. The zero-order valence-corrected chi connectivity index (χ0v) is 62.2. The minimum absolute atomic E-state index is 0.0724. The monoisotopic (exact) mass is 1380 g/mol. The third-order valence-corrected chi connectivity index (χ3v) is 20.8. The summed E-state index contributed by atoms with van der Waals surface area (Å²) in [6, 6.07) is 49.6. The molecular weight excluding hydrogens is 1280 g/mol. The normalized spacial score (nSPS) is 17.7. The van der Waals surface area contributed by atoms with E-state index >= 15 is 0 Å². The lowest BCUT2D eigenvalue weighted by Gasteiger charge is -2.20. The van der Waals surface area contributed by atoms with Crippen LogP contribution in [0.15, 0.2) is 188 Å². The van der Waals surface area contributed by atoms with Crippen molar-refractivity contribution in [3.63, 3.8) is 0 Å². The highest BCUT2D eigenvalue weighted by Crippen LogP contribution is 2.43. The van der Waals surface area contributed by atoms with Crippen LogP contribution in [0.25, 0.3) is 133 Å². The molecule has 12 heteroatoms. The highest BCUT2D eigenvalue weighted by Gasteiger charge is 2.28. The van der Waals surface area contributed by atoms with E-state index < -0.39 is 30.9 Å². The number of aryl methyl sites for hydroxylation is 14. The molecule has 0 amide bonds. The van der Waals surface area contributed by atoms with Crippen molar-refractivity contribution in [1.82, 2.24) is 19.9 Å². The predicted molar refractivity (Wildman–Crippen MR) is 421 cm³/mol. The van der Waals surface area contributed by atoms with E-state index in [4.69, 9.17) is 28.6 Å². The van der Waals surface area contributed by atoms with Crippen LogP contribution in [-0.4, -0.2) is 19.9 Å². The Bertz CT molecular complexity index is 6420. The maximum Gasteiger partial charge on any atom is 0.227 e. The van der Waals surface area contributed by atoms with Crippen molar-refractivity contribution in [2.24, 2.45) is 28.2 Å². The van der Waals surface area contributed by atoms with Crippen molar-refractivity contribution in [2.75, 3.05) is 0 Å². The molecule has 0 aliphatic heterocycles. The molecule has 12 aromatic heterocycles. The van der Waals surface area contributed by atoms with Crippen LogP contribution in [0.5, 0.6) is 0 Å². The second-order valence-electron chi connectivity index (χ2n) is 28.1. The molecule has 2 fully saturated rings. The first-order valence-electron chi connectivity index (χ1n) is 40.6. The standard InChI is InChI=1S/C25H27N2O.C24H25N2O.C22H23N2O.C21H21N2O/c1-16-13-14-27(3)22(15-16)23-17(2)9-10-19-20-11-12-21(18-7-5-4-6-8-18)26-25(20)28-24(19)23;1-15-12-13-26(3)21(14-15)22-16(2)8-9-18-19-10-11-20(17-6-4-5-7-17)25-24(19)27-23(18)22;1-5-15-11-12-24(4)19(13-15)20-14(3)7-9-17-18-10-8-16(6-2)23-22(18)25-21(17)20;1-5-15-10-11-23(4)18(12-15)19-13(2)6-8-16-17-9-7-14(3)22-21(17)24-20(16)19/h9-15,18H,4-8H2,1-3H3;8-14,17H,4-7H2,1-3H3;7-13H,5-6H2,1-4H3;6-12H,5H2,1-4H3/q4*+1/i7D2,8D2,18D;6D2,17D;;. The summed E-state index contributed by atoms with van der Waals surface area (Å²) in [6.07, 6.45) is 7.81. The number of fused-ring (bicyclic) bond motifs is 12. The maximum absolute atomic E-state index is 8.98. The lowest BCUT2D eigenvalue weighted by atomic mass is 9.86. The van der Waals surface area contributed by atoms with E-state index in [9.17, 15) is 0 Å². The number of rotatable bonds is 9. The van der Waals surface area contributed by atoms with E-state index in [1.807, 2.05) is 82.2 Å². The highest BCUT2D eigenvalue weighted by molar-refractivity contribution is 6.12. The van der Waals surface area contributed by atoms with Gasteiger partial charge in [0.25, 0.3) is 0 Å². The van der Waals surface area contributed by atoms with Gasteiger partial charge < -0.3 is 17.7 Å². The Hall–Kier alpha value is -10.7. The Labute approximate surface area is 621 Å². The van der Waals surface area contributed by atoms with E-state index in [2.05, 4.69) is 206 Å². The van der Waals surface area contributed by atoms with Crippen molar-refractivity contribution < 1.29 is 46.9 Å². The first kappa shape index (κ1) is 59.8. The highest BCUT2D eigenvalue weighted by atomic mass is 16.4. The van der Waals surface area contributed by atoms with Crippen molar-refractivity contribution in [1.29, 1.82) is 0 Å². The molecule has 12 nitrogen and oxygen atoms in total. The molecule has 0 bridgehead atoms. The van der Waals surface area contributed by atoms with Gasteiger partial charge in [0.2, 0.25) is 45.6 Å². The molecule has 104 heavy (non-hydrogen) atoms. The maximum atomic E-state index is 8.98. The van der Waals surface area contributed by atoms with E-state index in [-0.39, 0.29) is 18.5 Å². The Morgan fingerprint density at radius 1 is 0.356 bits per heavy atom. The molecule has 18 rings (SSSR count). The number of pyridine rings is 8. The molecule has 0 spiro atoms. The summed E-state index contributed by atoms with van der Waals surface area (Å²) in [5.41, 5.74) is 26.4. The summed E-state index contributed by atoms with van der Waals surface area (Å²) < 4.78 is 102. The van der Waals surface area contributed by atoms with Gasteiger partial charge in [-0.2, -0.15) is 0 Å². The van der Waals surface area contributed by atoms with Crippen molar-refractivity contribution in [3.8, 4) is 45.0 Å². The number of aromatic nitrogens is 8. The Morgan fingerprint density at radius 3 is 1.11 bits per heavy atom. The van der Waals surface area contributed by atoms with Gasteiger partial charge in [-0.3, -0.25) is 0 Å². The van der Waals surface area contributed by atoms with Gasteiger partial charge in [-0.1, -0.05) is 101 Å². The molecule has 0 N–H and O–H groups in total. The van der Waals surface area contributed by atoms with Crippen LogP contribution in [-0.2, 0) is 47.5 Å². The van der Waals surface area contributed by atoms with Gasteiger partial charge in [-0.15, -0.1) is 0 Å². The third kappa shape index (κ3) is 13.1. The Balaban J connectivity index is 0.000000119. The van der Waals surface area contributed by atoms with Crippen LogP contribution in [0.1, 0.15) is 168 Å². The fourth-order valence-electron chi connectivity index (χ4n) is 14.8. The first-order chi connectivity index (χ1) is 53.4. The van der Waals surface area contributed by atoms with Crippen LogP contribution in [0, 0.1) is 48.5 Å². The van der Waals surface area contributed by atoms with E-state index in [1.54, 1.807) is 18.2 Å². The number of benzene rings is 4. The molecule has 2 saturated carbocycles. The van der Waals surface area contributed by atoms with Crippen molar-refractivity contribution in [3.05, 3.63) is 238 Å². The second-order valence-corrected chi connectivity index (χ2v) is 28.1. The largest absolute Gasteiger partial charge is 0.437 e. The van der Waals surface area contributed by atoms with E-state index in [0.717, 1.165) is 147 Å². The fraction of sp³-hybridized carbons (Fsp3) is 0.304. The molecule has 524 valence electrons. The van der Waals surface area contributed by atoms with Crippen LogP contribution in [0.3, 0.4) is 0 Å². The summed E-state index contributed by atoms with van der Waals surface area (Å²) in [4.78, 5) is 18.5. The summed E-state index contributed by atoms with van der Waals surface area (Å²) in [6.45, 7) is 21.0. The Kier molecular flexibility index (Phi) is 16.6. The van der Waals surface area contributed by atoms with Crippen LogP contribution in [0.2, 0.25) is 0 Å². The lowest BCUT2D eigenvalue weighted by molar-refractivity contribution is -0.660. The summed E-state index contributed by atoms with van der Waals surface area (Å²) in [7, 11) is 8.18. The Morgan fingerprint density at radius 2 is 0.702 bits per heavy atom. The van der Waals surface area contributed by atoms with Crippen molar-refractivity contribution in [2.45, 2.75) is 158 Å². The average Bonchev–Trinajstić information content (AvgIpc) is 1.29. The zero-order chi connectivity index (χ0) is 79.4. The van der Waals surface area contributed by atoms with E-state index in [1.165, 1.54) is 39.2 Å². The molecule has 0 radical (unpaired) electrons. The topological polar surface area (TPSA) is 120 Å². The molecule has 2 aliphatic rings. The lowest BCUT2D eigenvalue weighted by Crippen LogP contribution is -2.30. The predicted octanol–water partition coefficient (Wildman–Crippen LogP) is 21.4. The molecule has 2 aliphatic carbocycles. The summed E-state index contributed by atoms with van der Waals surface area (Å²) in [5, 5.41) is 7.96. The van der Waals surface area contributed by atoms with Gasteiger partial charge in [0.15, 0.2) is 47.1 Å². The number of hydrogen-bond donors (Lipinski definition) is 0. The number of nitrogens with zero attached hydrogens (tertiary/aromatic N) is 8. The number of furan rings is 4.